The normalized spacial score (nSPS) is 22.9. The average molecular weight is 265 g/mol. The minimum absolute atomic E-state index is 0.0683. The summed E-state index contributed by atoms with van der Waals surface area (Å²) in [6, 6.07) is 0. The van der Waals surface area contributed by atoms with Gasteiger partial charge < -0.3 is 11.5 Å². The Morgan fingerprint density at radius 1 is 1.44 bits per heavy atom. The molecule has 1 fully saturated rings. The second-order valence-corrected chi connectivity index (χ2v) is 6.32. The molecule has 1 unspecified atom stereocenters. The van der Waals surface area contributed by atoms with Crippen molar-refractivity contribution in [2.45, 2.75) is 12.8 Å². The lowest BCUT2D eigenvalue weighted by atomic mass is 9.99. The Bertz CT molecular complexity index is 393. The Labute approximate surface area is 100 Å². The van der Waals surface area contributed by atoms with Crippen LogP contribution in [-0.4, -0.2) is 42.5 Å². The van der Waals surface area contributed by atoms with E-state index in [2.05, 4.69) is 12.2 Å². The molecule has 0 spiro atoms. The maximum absolute atomic E-state index is 11.8. The highest BCUT2D eigenvalue weighted by Gasteiger charge is 2.31. The molecule has 0 aromatic heterocycles. The first-order chi connectivity index (χ1) is 7.33. The van der Waals surface area contributed by atoms with Crippen LogP contribution in [0.15, 0.2) is 0 Å². The fourth-order valence-electron chi connectivity index (χ4n) is 1.70. The van der Waals surface area contributed by atoms with Crippen molar-refractivity contribution in [2.75, 3.05) is 18.8 Å². The van der Waals surface area contributed by atoms with Crippen LogP contribution in [0.1, 0.15) is 12.8 Å². The van der Waals surface area contributed by atoms with Crippen molar-refractivity contribution in [2.24, 2.45) is 17.4 Å². The van der Waals surface area contributed by atoms with Crippen LogP contribution in [0, 0.1) is 5.92 Å². The van der Waals surface area contributed by atoms with E-state index >= 15 is 0 Å². The molecular formula is C8H15N3O3S2. The summed E-state index contributed by atoms with van der Waals surface area (Å²) in [5.41, 5.74) is 10.4. The van der Waals surface area contributed by atoms with Gasteiger partial charge in [-0.25, -0.2) is 12.7 Å². The van der Waals surface area contributed by atoms with E-state index in [9.17, 15) is 13.2 Å². The molecule has 6 nitrogen and oxygen atoms in total. The molecule has 1 heterocycles. The van der Waals surface area contributed by atoms with Gasteiger partial charge in [0.15, 0.2) is 0 Å². The van der Waals surface area contributed by atoms with Gasteiger partial charge in [-0.05, 0) is 12.8 Å². The van der Waals surface area contributed by atoms with Crippen LogP contribution in [0.25, 0.3) is 0 Å². The summed E-state index contributed by atoms with van der Waals surface area (Å²) in [6.07, 6.45) is 1.26. The molecule has 1 saturated heterocycles. The molecule has 92 valence electrons. The SMILES string of the molecule is NC(=O)C1CCCN(S(=O)(=O)CC(N)=S)C1. The van der Waals surface area contributed by atoms with Crippen molar-refractivity contribution < 1.29 is 13.2 Å². The third-order valence-electron chi connectivity index (χ3n) is 2.50. The molecular weight excluding hydrogens is 250 g/mol. The highest BCUT2D eigenvalue weighted by molar-refractivity contribution is 7.92. The van der Waals surface area contributed by atoms with Gasteiger partial charge in [0.25, 0.3) is 0 Å². The number of nitrogens with two attached hydrogens (primary N) is 2. The number of carbonyl (C=O) groups is 1. The summed E-state index contributed by atoms with van der Waals surface area (Å²) in [5.74, 6) is -1.22. The van der Waals surface area contributed by atoms with Crippen LogP contribution in [-0.2, 0) is 14.8 Å². The van der Waals surface area contributed by atoms with Gasteiger partial charge in [0.2, 0.25) is 15.9 Å². The summed E-state index contributed by atoms with van der Waals surface area (Å²) < 4.78 is 24.8. The van der Waals surface area contributed by atoms with Crippen LogP contribution < -0.4 is 11.5 Å². The Morgan fingerprint density at radius 2 is 2.06 bits per heavy atom. The number of rotatable bonds is 4. The molecule has 1 atom stereocenters. The highest BCUT2D eigenvalue weighted by atomic mass is 32.2. The summed E-state index contributed by atoms with van der Waals surface area (Å²) in [4.78, 5) is 10.9. The van der Waals surface area contributed by atoms with Gasteiger partial charge in [-0.3, -0.25) is 4.79 Å². The number of sulfonamides is 1. The topological polar surface area (TPSA) is 106 Å². The molecule has 4 N–H and O–H groups in total. The van der Waals surface area contributed by atoms with Crippen molar-refractivity contribution in [1.82, 2.24) is 4.31 Å². The van der Waals surface area contributed by atoms with E-state index in [1.807, 2.05) is 0 Å². The van der Waals surface area contributed by atoms with E-state index in [1.165, 1.54) is 4.31 Å². The molecule has 0 aromatic carbocycles. The fourth-order valence-corrected chi connectivity index (χ4v) is 3.50. The zero-order valence-corrected chi connectivity index (χ0v) is 10.4. The highest BCUT2D eigenvalue weighted by Crippen LogP contribution is 2.18. The van der Waals surface area contributed by atoms with Gasteiger partial charge in [0, 0.05) is 13.1 Å². The number of piperidine rings is 1. The van der Waals surface area contributed by atoms with Crippen molar-refractivity contribution in [3.63, 3.8) is 0 Å². The number of amides is 1. The number of carbonyl (C=O) groups excluding carboxylic acids is 1. The first-order valence-electron chi connectivity index (χ1n) is 4.88. The Kier molecular flexibility index (Phi) is 4.22. The number of hydrogen-bond donors (Lipinski definition) is 2. The third-order valence-corrected chi connectivity index (χ3v) is 4.63. The largest absolute Gasteiger partial charge is 0.392 e. The summed E-state index contributed by atoms with van der Waals surface area (Å²) in [6.45, 7) is 0.537. The molecule has 0 aromatic rings. The molecule has 1 amide bonds. The van der Waals surface area contributed by atoms with Gasteiger partial charge in [-0.1, -0.05) is 12.2 Å². The molecule has 16 heavy (non-hydrogen) atoms. The molecule has 0 radical (unpaired) electrons. The number of primary amides is 1. The average Bonchev–Trinajstić information content (AvgIpc) is 2.16. The monoisotopic (exact) mass is 265 g/mol. The van der Waals surface area contributed by atoms with Crippen molar-refractivity contribution in [1.29, 1.82) is 0 Å². The maximum atomic E-state index is 11.8. The van der Waals surface area contributed by atoms with Crippen LogP contribution >= 0.6 is 12.2 Å². The van der Waals surface area contributed by atoms with E-state index in [-0.39, 0.29) is 17.3 Å². The molecule has 8 heteroatoms. The first-order valence-corrected chi connectivity index (χ1v) is 6.90. The first kappa shape index (κ1) is 13.3. The summed E-state index contributed by atoms with van der Waals surface area (Å²) in [5, 5.41) is 0. The quantitative estimate of drug-likeness (QED) is 0.621. The van der Waals surface area contributed by atoms with Crippen LogP contribution in [0.4, 0.5) is 0 Å². The third kappa shape index (κ3) is 3.39. The zero-order valence-electron chi connectivity index (χ0n) is 8.76. The number of thiocarbonyl (C=S) groups is 1. The number of nitrogens with zero attached hydrogens (tertiary/aromatic N) is 1. The van der Waals surface area contributed by atoms with Crippen LogP contribution in [0.3, 0.4) is 0 Å². The van der Waals surface area contributed by atoms with E-state index < -0.39 is 21.8 Å². The predicted octanol–water partition coefficient (Wildman–Crippen LogP) is -1.20. The molecule has 0 saturated carbocycles. The minimum Gasteiger partial charge on any atom is -0.392 e. The lowest BCUT2D eigenvalue weighted by Crippen LogP contribution is -2.46. The van der Waals surface area contributed by atoms with E-state index in [4.69, 9.17) is 11.5 Å². The van der Waals surface area contributed by atoms with Crippen molar-refractivity contribution in [3.8, 4) is 0 Å². The zero-order chi connectivity index (χ0) is 12.3. The van der Waals surface area contributed by atoms with Gasteiger partial charge in [-0.15, -0.1) is 0 Å². The van der Waals surface area contributed by atoms with Gasteiger partial charge >= 0.3 is 0 Å². The Hall–Kier alpha value is -0.730. The Balaban J connectivity index is 2.73. The maximum Gasteiger partial charge on any atom is 0.221 e. The smallest absolute Gasteiger partial charge is 0.221 e. The number of hydrogen-bond acceptors (Lipinski definition) is 4. The summed E-state index contributed by atoms with van der Waals surface area (Å²) in [7, 11) is -3.49. The lowest BCUT2D eigenvalue weighted by Gasteiger charge is -2.30. The predicted molar refractivity (Wildman–Crippen MR) is 64.1 cm³/mol. The van der Waals surface area contributed by atoms with Gasteiger partial charge in [-0.2, -0.15) is 0 Å². The van der Waals surface area contributed by atoms with Crippen molar-refractivity contribution >= 4 is 33.1 Å². The van der Waals surface area contributed by atoms with E-state index in [0.29, 0.717) is 19.4 Å². The van der Waals surface area contributed by atoms with Crippen LogP contribution in [0.5, 0.6) is 0 Å². The summed E-state index contributed by atoms with van der Waals surface area (Å²) >= 11 is 4.57. The molecule has 1 rings (SSSR count). The lowest BCUT2D eigenvalue weighted by molar-refractivity contribution is -0.122. The molecule has 1 aliphatic rings. The van der Waals surface area contributed by atoms with Gasteiger partial charge in [0.1, 0.15) is 5.75 Å². The van der Waals surface area contributed by atoms with Crippen molar-refractivity contribution in [3.05, 3.63) is 0 Å². The van der Waals surface area contributed by atoms with E-state index in [1.54, 1.807) is 0 Å². The standard InChI is InChI=1S/C8H15N3O3S2/c9-7(15)5-16(13,14)11-3-1-2-6(4-11)8(10)12/h6H,1-5H2,(H2,9,15)(H2,10,12). The molecule has 0 bridgehead atoms. The fraction of sp³-hybridized carbons (Fsp3) is 0.750. The van der Waals surface area contributed by atoms with Crippen LogP contribution in [0.2, 0.25) is 0 Å². The second kappa shape index (κ2) is 5.07. The van der Waals surface area contributed by atoms with Gasteiger partial charge in [0.05, 0.1) is 10.9 Å². The van der Waals surface area contributed by atoms with E-state index in [0.717, 1.165) is 0 Å². The second-order valence-electron chi connectivity index (χ2n) is 3.82. The Morgan fingerprint density at radius 3 is 2.56 bits per heavy atom. The molecule has 0 aliphatic carbocycles. The minimum atomic E-state index is -3.49. The molecule has 1 aliphatic heterocycles.